The largest absolute Gasteiger partial charge is 0.469 e. The molecule has 1 fully saturated rings. The first-order valence-electron chi connectivity index (χ1n) is 7.45. The quantitative estimate of drug-likeness (QED) is 0.711. The number of nitrogens with zero attached hydrogens (tertiary/aromatic N) is 2. The lowest BCUT2D eigenvalue weighted by molar-refractivity contribution is -0.146. The molecule has 1 aliphatic rings. The van der Waals surface area contributed by atoms with Gasteiger partial charge in [-0.25, -0.2) is 4.39 Å². The van der Waals surface area contributed by atoms with E-state index in [1.165, 1.54) is 24.5 Å². The molecule has 122 valence electrons. The lowest BCUT2D eigenvalue weighted by Crippen LogP contribution is -2.22. The zero-order chi connectivity index (χ0) is 16.4. The average molecular weight is 399 g/mol. The van der Waals surface area contributed by atoms with Crippen molar-refractivity contribution in [2.45, 2.75) is 31.6 Å². The van der Waals surface area contributed by atoms with Crippen LogP contribution in [0.25, 0.3) is 10.6 Å². The summed E-state index contributed by atoms with van der Waals surface area (Å²) in [5.74, 6) is -0.150. The highest BCUT2D eigenvalue weighted by atomic mass is 79.9. The Morgan fingerprint density at radius 3 is 2.70 bits per heavy atom. The molecule has 1 aromatic carbocycles. The van der Waals surface area contributed by atoms with Crippen molar-refractivity contribution >= 4 is 33.2 Å². The zero-order valence-electron chi connectivity index (χ0n) is 12.6. The van der Waals surface area contributed by atoms with Crippen LogP contribution < -0.4 is 0 Å². The number of aromatic nitrogens is 2. The van der Waals surface area contributed by atoms with Gasteiger partial charge in [0.2, 0.25) is 0 Å². The molecule has 0 amide bonds. The molecule has 0 spiro atoms. The van der Waals surface area contributed by atoms with Crippen LogP contribution in [-0.2, 0) is 9.53 Å². The summed E-state index contributed by atoms with van der Waals surface area (Å²) in [6.45, 7) is 0. The first-order chi connectivity index (χ1) is 11.1. The molecule has 0 atom stereocenters. The van der Waals surface area contributed by atoms with E-state index >= 15 is 0 Å². The molecule has 2 aromatic rings. The van der Waals surface area contributed by atoms with Crippen LogP contribution in [0.5, 0.6) is 0 Å². The third-order valence-electron chi connectivity index (χ3n) is 4.21. The monoisotopic (exact) mass is 398 g/mol. The molecular formula is C16H16BrFN2O2S. The summed E-state index contributed by atoms with van der Waals surface area (Å²) < 4.78 is 19.5. The van der Waals surface area contributed by atoms with Gasteiger partial charge < -0.3 is 4.74 Å². The molecular weight excluding hydrogens is 383 g/mol. The number of hydrogen-bond acceptors (Lipinski definition) is 5. The van der Waals surface area contributed by atoms with Crippen LogP contribution in [0, 0.1) is 11.7 Å². The van der Waals surface area contributed by atoms with Crippen molar-refractivity contribution in [3.05, 3.63) is 33.5 Å². The minimum absolute atomic E-state index is 0.00689. The summed E-state index contributed by atoms with van der Waals surface area (Å²) in [6.07, 6.45) is 3.38. The molecule has 7 heteroatoms. The predicted octanol–water partition coefficient (Wildman–Crippen LogP) is 4.55. The Balaban J connectivity index is 1.72. The second-order valence-electron chi connectivity index (χ2n) is 5.64. The summed E-state index contributed by atoms with van der Waals surface area (Å²) in [4.78, 5) is 11.6. The highest BCUT2D eigenvalue weighted by Gasteiger charge is 2.29. The Labute approximate surface area is 146 Å². The van der Waals surface area contributed by atoms with Gasteiger partial charge in [0, 0.05) is 16.0 Å². The van der Waals surface area contributed by atoms with Crippen LogP contribution in [0.2, 0.25) is 0 Å². The predicted molar refractivity (Wildman–Crippen MR) is 89.7 cm³/mol. The van der Waals surface area contributed by atoms with Crippen LogP contribution in [-0.4, -0.2) is 23.3 Å². The SMILES string of the molecule is COC(=O)C1CCC(c2nnc(-c3ccc(Br)cc3F)s2)CC1. The summed E-state index contributed by atoms with van der Waals surface area (Å²) >= 11 is 4.68. The maximum Gasteiger partial charge on any atom is 0.308 e. The number of halogens is 2. The van der Waals surface area contributed by atoms with Gasteiger partial charge in [-0.05, 0) is 43.9 Å². The highest BCUT2D eigenvalue weighted by Crippen LogP contribution is 2.39. The van der Waals surface area contributed by atoms with Crippen molar-refractivity contribution in [1.82, 2.24) is 10.2 Å². The molecule has 1 aliphatic carbocycles. The smallest absolute Gasteiger partial charge is 0.308 e. The van der Waals surface area contributed by atoms with Gasteiger partial charge in [0.25, 0.3) is 0 Å². The second kappa shape index (κ2) is 7.05. The van der Waals surface area contributed by atoms with Crippen LogP contribution in [0.15, 0.2) is 22.7 Å². The molecule has 4 nitrogen and oxygen atoms in total. The van der Waals surface area contributed by atoms with Crippen molar-refractivity contribution < 1.29 is 13.9 Å². The van der Waals surface area contributed by atoms with Gasteiger partial charge in [-0.2, -0.15) is 0 Å². The fourth-order valence-electron chi connectivity index (χ4n) is 2.91. The third kappa shape index (κ3) is 3.61. The Morgan fingerprint density at radius 1 is 1.30 bits per heavy atom. The van der Waals surface area contributed by atoms with Gasteiger partial charge in [-0.3, -0.25) is 4.79 Å². The van der Waals surface area contributed by atoms with Crippen LogP contribution in [0.4, 0.5) is 4.39 Å². The molecule has 0 unspecified atom stereocenters. The van der Waals surface area contributed by atoms with E-state index in [2.05, 4.69) is 26.1 Å². The number of carbonyl (C=O) groups is 1. The van der Waals surface area contributed by atoms with Crippen molar-refractivity contribution in [2.75, 3.05) is 7.11 Å². The lowest BCUT2D eigenvalue weighted by atomic mass is 9.82. The van der Waals surface area contributed by atoms with E-state index in [-0.39, 0.29) is 17.7 Å². The topological polar surface area (TPSA) is 52.1 Å². The van der Waals surface area contributed by atoms with E-state index < -0.39 is 0 Å². The first kappa shape index (κ1) is 16.5. The molecule has 0 saturated heterocycles. The summed E-state index contributed by atoms with van der Waals surface area (Å²) in [6, 6.07) is 4.93. The lowest BCUT2D eigenvalue weighted by Gasteiger charge is -2.25. The molecule has 0 N–H and O–H groups in total. The van der Waals surface area contributed by atoms with E-state index in [0.29, 0.717) is 21.0 Å². The fraction of sp³-hybridized carbons (Fsp3) is 0.438. The van der Waals surface area contributed by atoms with E-state index in [0.717, 1.165) is 30.7 Å². The van der Waals surface area contributed by atoms with E-state index in [9.17, 15) is 9.18 Å². The summed E-state index contributed by atoms with van der Waals surface area (Å²) in [5.41, 5.74) is 0.472. The maximum atomic E-state index is 14.0. The van der Waals surface area contributed by atoms with Crippen molar-refractivity contribution in [1.29, 1.82) is 0 Å². The Morgan fingerprint density at radius 2 is 2.04 bits per heavy atom. The number of benzene rings is 1. The zero-order valence-corrected chi connectivity index (χ0v) is 15.0. The molecule has 1 heterocycles. The molecule has 0 aliphatic heterocycles. The summed E-state index contributed by atoms with van der Waals surface area (Å²) in [5, 5.41) is 9.91. The molecule has 23 heavy (non-hydrogen) atoms. The van der Waals surface area contributed by atoms with Crippen molar-refractivity contribution in [3.8, 4) is 10.6 Å². The first-order valence-corrected chi connectivity index (χ1v) is 9.06. The van der Waals surface area contributed by atoms with Gasteiger partial charge in [0.15, 0.2) is 5.01 Å². The number of rotatable bonds is 3. The van der Waals surface area contributed by atoms with E-state index in [4.69, 9.17) is 4.74 Å². The number of carbonyl (C=O) groups excluding carboxylic acids is 1. The van der Waals surface area contributed by atoms with Gasteiger partial charge in [-0.1, -0.05) is 27.3 Å². The number of hydrogen-bond donors (Lipinski definition) is 0. The molecule has 1 aromatic heterocycles. The Bertz CT molecular complexity index is 714. The van der Waals surface area contributed by atoms with Crippen LogP contribution >= 0.6 is 27.3 Å². The minimum atomic E-state index is -0.309. The number of esters is 1. The fourth-order valence-corrected chi connectivity index (χ4v) is 4.29. The molecule has 3 rings (SSSR count). The van der Waals surface area contributed by atoms with Crippen LogP contribution in [0.3, 0.4) is 0 Å². The maximum absolute atomic E-state index is 14.0. The highest BCUT2D eigenvalue weighted by molar-refractivity contribution is 9.10. The number of methoxy groups -OCH3 is 1. The minimum Gasteiger partial charge on any atom is -0.469 e. The van der Waals surface area contributed by atoms with E-state index in [1.807, 2.05) is 0 Å². The van der Waals surface area contributed by atoms with Gasteiger partial charge >= 0.3 is 5.97 Å². The standard InChI is InChI=1S/C16H16BrFN2O2S/c1-22-16(21)10-4-2-9(3-5-10)14-19-20-15(23-14)12-7-6-11(17)8-13(12)18/h6-10H,2-5H2,1H3. The molecule has 0 bridgehead atoms. The summed E-state index contributed by atoms with van der Waals surface area (Å²) in [7, 11) is 1.43. The number of ether oxygens (including phenoxy) is 1. The van der Waals surface area contributed by atoms with Gasteiger partial charge in [-0.15, -0.1) is 10.2 Å². The van der Waals surface area contributed by atoms with E-state index in [1.54, 1.807) is 12.1 Å². The molecule has 0 radical (unpaired) electrons. The molecule has 1 saturated carbocycles. The van der Waals surface area contributed by atoms with Gasteiger partial charge in [0.05, 0.1) is 13.0 Å². The third-order valence-corrected chi connectivity index (χ3v) is 5.83. The average Bonchev–Trinajstić information content (AvgIpc) is 3.04. The van der Waals surface area contributed by atoms with Crippen LogP contribution in [0.1, 0.15) is 36.6 Å². The second-order valence-corrected chi connectivity index (χ2v) is 7.57. The Hall–Kier alpha value is -1.34. The van der Waals surface area contributed by atoms with Gasteiger partial charge in [0.1, 0.15) is 10.8 Å². The Kier molecular flexibility index (Phi) is 5.06. The normalized spacial score (nSPS) is 21.2. The van der Waals surface area contributed by atoms with Crippen molar-refractivity contribution in [3.63, 3.8) is 0 Å². The van der Waals surface area contributed by atoms with Crippen molar-refractivity contribution in [2.24, 2.45) is 5.92 Å².